The van der Waals surface area contributed by atoms with Crippen LogP contribution in [0.3, 0.4) is 0 Å². The van der Waals surface area contributed by atoms with E-state index < -0.39 is 0 Å². The molecule has 0 radical (unpaired) electrons. The van der Waals surface area contributed by atoms with Gasteiger partial charge in [-0.3, -0.25) is 0 Å². The number of likely N-dealkylation sites (N-methyl/N-ethyl adjacent to an activating group) is 1. The summed E-state index contributed by atoms with van der Waals surface area (Å²) < 4.78 is 0.893. The minimum atomic E-state index is 0.506. The lowest BCUT2D eigenvalue weighted by molar-refractivity contribution is 0.397. The van der Waals surface area contributed by atoms with E-state index in [2.05, 4.69) is 42.6 Å². The lowest BCUT2D eigenvalue weighted by Gasteiger charge is -2.33. The summed E-state index contributed by atoms with van der Waals surface area (Å²) in [7, 11) is 0. The van der Waals surface area contributed by atoms with Gasteiger partial charge in [0.2, 0.25) is 0 Å². The highest BCUT2D eigenvalue weighted by molar-refractivity contribution is 7.16. The van der Waals surface area contributed by atoms with Gasteiger partial charge in [0.1, 0.15) is 0 Å². The summed E-state index contributed by atoms with van der Waals surface area (Å²) in [6.07, 6.45) is 4.89. The molecule has 0 fully saturated rings. The molecule has 3 rings (SSSR count). The Morgan fingerprint density at radius 2 is 2.14 bits per heavy atom. The molecule has 2 atom stereocenters. The van der Waals surface area contributed by atoms with E-state index in [1.54, 1.807) is 22.5 Å². The predicted octanol–water partition coefficient (Wildman–Crippen LogP) is 5.04. The summed E-state index contributed by atoms with van der Waals surface area (Å²) >= 11 is 7.80. The average molecular weight is 320 g/mol. The number of rotatable bonds is 5. The maximum absolute atomic E-state index is 6.09. The maximum Gasteiger partial charge on any atom is 0.0931 e. The molecule has 0 amide bonds. The van der Waals surface area contributed by atoms with Crippen molar-refractivity contribution in [3.63, 3.8) is 0 Å². The first-order valence-corrected chi connectivity index (χ1v) is 9.02. The van der Waals surface area contributed by atoms with Crippen LogP contribution in [0.2, 0.25) is 4.34 Å². The Labute approximate surface area is 136 Å². The topological polar surface area (TPSA) is 12.0 Å². The van der Waals surface area contributed by atoms with Gasteiger partial charge in [-0.2, -0.15) is 0 Å². The molecular weight excluding hydrogens is 298 g/mol. The molecule has 0 saturated carbocycles. The third-order valence-corrected chi connectivity index (χ3v) is 5.67. The predicted molar refractivity (Wildman–Crippen MR) is 92.6 cm³/mol. The summed E-state index contributed by atoms with van der Waals surface area (Å²) in [5, 5.41) is 3.71. The van der Waals surface area contributed by atoms with E-state index in [0.717, 1.165) is 17.3 Å². The van der Waals surface area contributed by atoms with Gasteiger partial charge in [0.25, 0.3) is 0 Å². The average Bonchev–Trinajstić information content (AvgIpc) is 2.91. The second kappa shape index (κ2) is 6.95. The number of halogens is 1. The van der Waals surface area contributed by atoms with E-state index in [4.69, 9.17) is 11.6 Å². The molecule has 2 unspecified atom stereocenters. The third-order valence-electron chi connectivity index (χ3n) is 4.42. The van der Waals surface area contributed by atoms with Crippen LogP contribution in [-0.4, -0.2) is 12.6 Å². The van der Waals surface area contributed by atoms with Crippen molar-refractivity contribution < 1.29 is 0 Å². The Hall–Kier alpha value is -0.830. The highest BCUT2D eigenvalue weighted by Gasteiger charge is 2.27. The zero-order valence-corrected chi connectivity index (χ0v) is 14.0. The molecule has 1 heterocycles. The fraction of sp³-hybridized carbons (Fsp3) is 0.444. The molecule has 21 heavy (non-hydrogen) atoms. The zero-order valence-electron chi connectivity index (χ0n) is 12.4. The molecule has 0 aliphatic heterocycles. The lowest BCUT2D eigenvalue weighted by atomic mass is 9.77. The van der Waals surface area contributed by atoms with Crippen molar-refractivity contribution >= 4 is 22.9 Å². The monoisotopic (exact) mass is 319 g/mol. The number of hydrogen-bond acceptors (Lipinski definition) is 2. The quantitative estimate of drug-likeness (QED) is 0.814. The number of benzene rings is 1. The van der Waals surface area contributed by atoms with E-state index in [-0.39, 0.29) is 0 Å². The Morgan fingerprint density at radius 1 is 1.29 bits per heavy atom. The Balaban J connectivity index is 1.84. The Bertz CT molecular complexity index is 592. The van der Waals surface area contributed by atoms with Crippen LogP contribution < -0.4 is 5.32 Å². The number of hydrogen-bond donors (Lipinski definition) is 1. The molecule has 1 nitrogen and oxygen atoms in total. The first kappa shape index (κ1) is 15.1. The zero-order chi connectivity index (χ0) is 14.7. The standard InChI is InChI=1S/C18H22ClNS/c1-2-20-17(12-14-10-11-18(19)21-14)16-9-5-7-13-6-3-4-8-15(13)16/h3-4,6,8,10-11,16-17,20H,2,5,7,9,12H2,1H3. The molecule has 1 aromatic heterocycles. The molecule has 1 aliphatic rings. The van der Waals surface area contributed by atoms with Gasteiger partial charge in [-0.15, -0.1) is 11.3 Å². The van der Waals surface area contributed by atoms with Crippen LogP contribution in [0.4, 0.5) is 0 Å². The van der Waals surface area contributed by atoms with Gasteiger partial charge in [-0.25, -0.2) is 0 Å². The summed E-state index contributed by atoms with van der Waals surface area (Å²) in [4.78, 5) is 1.38. The Morgan fingerprint density at radius 3 is 2.90 bits per heavy atom. The molecule has 1 aromatic carbocycles. The van der Waals surface area contributed by atoms with Crippen LogP contribution in [0.25, 0.3) is 0 Å². The van der Waals surface area contributed by atoms with Crippen molar-refractivity contribution in [1.82, 2.24) is 5.32 Å². The number of fused-ring (bicyclic) bond motifs is 1. The molecule has 112 valence electrons. The molecule has 0 saturated heterocycles. The second-order valence-electron chi connectivity index (χ2n) is 5.77. The van der Waals surface area contributed by atoms with Crippen LogP contribution in [0.15, 0.2) is 36.4 Å². The maximum atomic E-state index is 6.09. The SMILES string of the molecule is CCNC(Cc1ccc(Cl)s1)C1CCCc2ccccc21. The van der Waals surface area contributed by atoms with Crippen molar-refractivity contribution in [2.45, 2.75) is 44.6 Å². The minimum absolute atomic E-state index is 0.506. The van der Waals surface area contributed by atoms with Crippen molar-refractivity contribution in [3.05, 3.63) is 56.7 Å². The van der Waals surface area contributed by atoms with Crippen molar-refractivity contribution in [2.24, 2.45) is 0 Å². The van der Waals surface area contributed by atoms with Crippen LogP contribution in [0.5, 0.6) is 0 Å². The summed E-state index contributed by atoms with van der Waals surface area (Å²) in [6, 6.07) is 13.7. The van der Waals surface area contributed by atoms with E-state index in [1.165, 1.54) is 24.1 Å². The number of nitrogens with one attached hydrogen (secondary N) is 1. The van der Waals surface area contributed by atoms with Crippen LogP contribution >= 0.6 is 22.9 Å². The van der Waals surface area contributed by atoms with Gasteiger partial charge < -0.3 is 5.32 Å². The molecule has 0 bridgehead atoms. The van der Waals surface area contributed by atoms with Crippen molar-refractivity contribution in [3.8, 4) is 0 Å². The number of aryl methyl sites for hydroxylation is 1. The van der Waals surface area contributed by atoms with Gasteiger partial charge >= 0.3 is 0 Å². The van der Waals surface area contributed by atoms with Crippen LogP contribution in [0.1, 0.15) is 41.7 Å². The van der Waals surface area contributed by atoms with E-state index in [9.17, 15) is 0 Å². The third kappa shape index (κ3) is 3.50. The summed E-state index contributed by atoms with van der Waals surface area (Å²) in [5.74, 6) is 0.621. The fourth-order valence-corrected chi connectivity index (χ4v) is 4.65. The fourth-order valence-electron chi connectivity index (χ4n) is 3.51. The van der Waals surface area contributed by atoms with E-state index in [0.29, 0.717) is 12.0 Å². The normalized spacial score (nSPS) is 19.2. The first-order chi connectivity index (χ1) is 10.3. The second-order valence-corrected chi connectivity index (χ2v) is 7.57. The largest absolute Gasteiger partial charge is 0.313 e. The first-order valence-electron chi connectivity index (χ1n) is 7.83. The summed E-state index contributed by atoms with van der Waals surface area (Å²) in [5.41, 5.74) is 3.10. The van der Waals surface area contributed by atoms with E-state index >= 15 is 0 Å². The van der Waals surface area contributed by atoms with Gasteiger partial charge in [0.15, 0.2) is 0 Å². The van der Waals surface area contributed by atoms with Crippen molar-refractivity contribution in [1.29, 1.82) is 0 Å². The Kier molecular flexibility index (Phi) is 4.99. The van der Waals surface area contributed by atoms with Crippen molar-refractivity contribution in [2.75, 3.05) is 6.54 Å². The van der Waals surface area contributed by atoms with Crippen LogP contribution in [-0.2, 0) is 12.8 Å². The molecule has 3 heteroatoms. The van der Waals surface area contributed by atoms with Gasteiger partial charge in [0.05, 0.1) is 4.34 Å². The molecule has 1 aliphatic carbocycles. The number of thiophene rings is 1. The highest BCUT2D eigenvalue weighted by atomic mass is 35.5. The molecule has 2 aromatic rings. The minimum Gasteiger partial charge on any atom is -0.313 e. The summed E-state index contributed by atoms with van der Waals surface area (Å²) in [6.45, 7) is 3.21. The highest BCUT2D eigenvalue weighted by Crippen LogP contribution is 2.36. The molecule has 0 spiro atoms. The molecular formula is C18H22ClNS. The van der Waals surface area contributed by atoms with Gasteiger partial charge in [-0.1, -0.05) is 42.8 Å². The lowest BCUT2D eigenvalue weighted by Crippen LogP contribution is -2.38. The smallest absolute Gasteiger partial charge is 0.0931 e. The van der Waals surface area contributed by atoms with E-state index in [1.807, 2.05) is 6.07 Å². The van der Waals surface area contributed by atoms with Gasteiger partial charge in [-0.05, 0) is 61.4 Å². The molecule has 1 N–H and O–H groups in total. The van der Waals surface area contributed by atoms with Crippen LogP contribution in [0, 0.1) is 0 Å². The van der Waals surface area contributed by atoms with Gasteiger partial charge in [0, 0.05) is 10.9 Å².